The summed E-state index contributed by atoms with van der Waals surface area (Å²) < 4.78 is 0. The summed E-state index contributed by atoms with van der Waals surface area (Å²) in [6.07, 6.45) is 15.5. The summed E-state index contributed by atoms with van der Waals surface area (Å²) >= 11 is 0. The molecule has 4 rings (SSSR count). The van der Waals surface area contributed by atoms with Crippen LogP contribution in [0.15, 0.2) is 16.8 Å². The molecule has 0 aromatic rings. The number of terminal acetylenes is 1. The number of carbonyl (C=O) groups excluding carboxylic acids is 2. The highest BCUT2D eigenvalue weighted by Gasteiger charge is 2.63. The molecule has 4 aliphatic rings. The van der Waals surface area contributed by atoms with Gasteiger partial charge in [0.2, 0.25) is 5.91 Å². The van der Waals surface area contributed by atoms with Crippen molar-refractivity contribution in [2.45, 2.75) is 90.7 Å². The lowest BCUT2D eigenvalue weighted by Crippen LogP contribution is -2.54. The highest BCUT2D eigenvalue weighted by atomic mass is 16.6. The van der Waals surface area contributed by atoms with E-state index in [4.69, 9.17) is 11.3 Å². The molecule has 0 aromatic carbocycles. The van der Waals surface area contributed by atoms with E-state index in [2.05, 4.69) is 41.6 Å². The van der Waals surface area contributed by atoms with Crippen LogP contribution >= 0.6 is 0 Å². The first-order valence-corrected chi connectivity index (χ1v) is 14.2. The van der Waals surface area contributed by atoms with Gasteiger partial charge >= 0.3 is 5.97 Å². The SMILES string of the molecule is C#C[C@@]1(O)CC[C@@H]2[C@@H]3CCC4=C/C(=N\OCC(=O)NCC(=O)N[C@H](C(=O)O)C(C)C)CC[C@]4(C)[C@@H]3CC[C@@]21C. The van der Waals surface area contributed by atoms with Crippen molar-refractivity contribution in [2.75, 3.05) is 13.2 Å². The van der Waals surface area contributed by atoms with Crippen LogP contribution in [-0.2, 0) is 19.2 Å². The van der Waals surface area contributed by atoms with E-state index in [1.165, 1.54) is 5.57 Å². The van der Waals surface area contributed by atoms with Gasteiger partial charge in [0.1, 0.15) is 11.6 Å². The number of hydrogen-bond donors (Lipinski definition) is 4. The van der Waals surface area contributed by atoms with Gasteiger partial charge in [-0.2, -0.15) is 0 Å². The van der Waals surface area contributed by atoms with Gasteiger partial charge in [0.05, 0.1) is 12.3 Å². The molecule has 0 heterocycles. The number of carboxylic acid groups (broad SMARTS) is 1. The number of aliphatic carboxylic acids is 1. The van der Waals surface area contributed by atoms with Crippen LogP contribution in [0.2, 0.25) is 0 Å². The van der Waals surface area contributed by atoms with E-state index in [1.807, 2.05) is 0 Å². The van der Waals surface area contributed by atoms with Crippen LogP contribution in [0.3, 0.4) is 0 Å². The van der Waals surface area contributed by atoms with Gasteiger partial charge in [0.25, 0.3) is 5.91 Å². The van der Waals surface area contributed by atoms with Crippen LogP contribution in [0.5, 0.6) is 0 Å². The molecule has 2 amide bonds. The standard InChI is InChI=1S/C30H43N3O6/c1-6-30(38)14-11-23-21-8-7-19-15-20(9-12-28(19,4)22(21)10-13-29(23,30)5)33-39-17-25(35)31-16-24(34)32-26(18(2)3)27(36)37/h1,15,18,21-23,26,38H,7-14,16-17H2,2-5H3,(H,31,35)(H,32,34)(H,36,37)/b33-20-/t21-,22-,23-,26+,28+,29+,30-/m1/s1. The second kappa shape index (κ2) is 11.0. The highest BCUT2D eigenvalue weighted by molar-refractivity contribution is 5.96. The fraction of sp³-hybridized carbons (Fsp3) is 0.733. The van der Waals surface area contributed by atoms with E-state index in [1.54, 1.807) is 13.8 Å². The molecule has 3 fully saturated rings. The summed E-state index contributed by atoms with van der Waals surface area (Å²) in [5.41, 5.74) is 1.10. The van der Waals surface area contributed by atoms with Crippen LogP contribution in [0, 0.1) is 46.8 Å². The number of carboxylic acids is 1. The van der Waals surface area contributed by atoms with E-state index in [9.17, 15) is 24.6 Å². The average molecular weight is 542 g/mol. The third-order valence-corrected chi connectivity index (χ3v) is 10.4. The maximum absolute atomic E-state index is 12.1. The smallest absolute Gasteiger partial charge is 0.326 e. The number of carbonyl (C=O) groups is 3. The molecule has 0 saturated heterocycles. The molecule has 0 unspecified atom stereocenters. The first kappa shape index (κ1) is 29.1. The second-order valence-corrected chi connectivity index (χ2v) is 12.8. The molecule has 39 heavy (non-hydrogen) atoms. The Bertz CT molecular complexity index is 1110. The molecule has 0 spiro atoms. The number of fused-ring (bicyclic) bond motifs is 5. The number of allylic oxidation sites excluding steroid dienone is 2. The number of aliphatic hydroxyl groups is 1. The molecule has 0 bridgehead atoms. The molecular weight excluding hydrogens is 498 g/mol. The molecule has 214 valence electrons. The third kappa shape index (κ3) is 5.32. The largest absolute Gasteiger partial charge is 0.480 e. The first-order chi connectivity index (χ1) is 18.3. The van der Waals surface area contributed by atoms with Crippen LogP contribution in [0.4, 0.5) is 0 Å². The average Bonchev–Trinajstić information content (AvgIpc) is 3.16. The minimum absolute atomic E-state index is 0.0919. The minimum Gasteiger partial charge on any atom is -0.480 e. The van der Waals surface area contributed by atoms with Crippen LogP contribution in [0.25, 0.3) is 0 Å². The molecule has 9 nitrogen and oxygen atoms in total. The predicted molar refractivity (Wildman–Crippen MR) is 146 cm³/mol. The summed E-state index contributed by atoms with van der Waals surface area (Å²) in [5.74, 6) is 1.85. The van der Waals surface area contributed by atoms with E-state index >= 15 is 0 Å². The highest BCUT2D eigenvalue weighted by Crippen LogP contribution is 2.67. The number of amides is 2. The Morgan fingerprint density at radius 3 is 2.51 bits per heavy atom. The Morgan fingerprint density at radius 2 is 1.85 bits per heavy atom. The van der Waals surface area contributed by atoms with Crippen LogP contribution < -0.4 is 10.6 Å². The quantitative estimate of drug-likeness (QED) is 0.275. The summed E-state index contributed by atoms with van der Waals surface area (Å²) in [6.45, 7) is 7.31. The Labute approximate surface area is 231 Å². The van der Waals surface area contributed by atoms with Gasteiger partial charge in [-0.15, -0.1) is 6.42 Å². The third-order valence-electron chi connectivity index (χ3n) is 10.4. The normalized spacial score (nSPS) is 37.0. The fourth-order valence-electron chi connectivity index (χ4n) is 8.04. The zero-order valence-corrected chi connectivity index (χ0v) is 23.6. The zero-order valence-electron chi connectivity index (χ0n) is 23.6. The Morgan fingerprint density at radius 1 is 1.13 bits per heavy atom. The van der Waals surface area contributed by atoms with Crippen molar-refractivity contribution in [3.8, 4) is 12.3 Å². The number of nitrogens with zero attached hydrogens (tertiary/aromatic N) is 1. The summed E-state index contributed by atoms with van der Waals surface area (Å²) in [4.78, 5) is 40.6. The fourth-order valence-corrected chi connectivity index (χ4v) is 8.04. The van der Waals surface area contributed by atoms with Crippen molar-refractivity contribution in [3.63, 3.8) is 0 Å². The maximum atomic E-state index is 12.1. The van der Waals surface area contributed by atoms with Gasteiger partial charge in [-0.3, -0.25) is 9.59 Å². The first-order valence-electron chi connectivity index (χ1n) is 14.2. The lowest BCUT2D eigenvalue weighted by Gasteiger charge is -2.58. The monoisotopic (exact) mass is 541 g/mol. The number of nitrogens with one attached hydrogen (secondary N) is 2. The summed E-state index contributed by atoms with van der Waals surface area (Å²) in [5, 5.41) is 29.4. The second-order valence-electron chi connectivity index (χ2n) is 12.8. The predicted octanol–water partition coefficient (Wildman–Crippen LogP) is 3.03. The van der Waals surface area contributed by atoms with Crippen LogP contribution in [0.1, 0.15) is 79.1 Å². The van der Waals surface area contributed by atoms with Gasteiger partial charge < -0.3 is 25.7 Å². The van der Waals surface area contributed by atoms with E-state index < -0.39 is 29.4 Å². The van der Waals surface area contributed by atoms with Gasteiger partial charge in [-0.1, -0.05) is 44.3 Å². The van der Waals surface area contributed by atoms with Crippen molar-refractivity contribution in [3.05, 3.63) is 11.6 Å². The minimum atomic E-state index is -1.12. The molecule has 0 aromatic heterocycles. The molecule has 0 aliphatic heterocycles. The molecule has 4 aliphatic carbocycles. The van der Waals surface area contributed by atoms with E-state index in [0.29, 0.717) is 24.2 Å². The van der Waals surface area contributed by atoms with E-state index in [0.717, 1.165) is 50.7 Å². The Hall–Kier alpha value is -2.86. The number of rotatable bonds is 8. The molecular formula is C30H43N3O6. The van der Waals surface area contributed by atoms with Gasteiger partial charge in [0.15, 0.2) is 6.61 Å². The molecule has 7 atom stereocenters. The molecule has 4 N–H and O–H groups in total. The Kier molecular flexibility index (Phi) is 8.18. The number of hydrogen-bond acceptors (Lipinski definition) is 6. The van der Waals surface area contributed by atoms with Crippen molar-refractivity contribution in [1.82, 2.24) is 10.6 Å². The molecule has 3 saturated carbocycles. The Balaban J connectivity index is 1.31. The van der Waals surface area contributed by atoms with Crippen molar-refractivity contribution >= 4 is 23.5 Å². The van der Waals surface area contributed by atoms with Crippen molar-refractivity contribution in [1.29, 1.82) is 0 Å². The van der Waals surface area contributed by atoms with Gasteiger partial charge in [0, 0.05) is 5.41 Å². The molecule has 9 heteroatoms. The molecule has 0 radical (unpaired) electrons. The van der Waals surface area contributed by atoms with Gasteiger partial charge in [-0.05, 0) is 86.5 Å². The zero-order chi connectivity index (χ0) is 28.6. The van der Waals surface area contributed by atoms with E-state index in [-0.39, 0.29) is 29.9 Å². The lowest BCUT2D eigenvalue weighted by molar-refractivity contribution is -0.143. The topological polar surface area (TPSA) is 137 Å². The van der Waals surface area contributed by atoms with Gasteiger partial charge in [-0.25, -0.2) is 4.79 Å². The van der Waals surface area contributed by atoms with Crippen LogP contribution in [-0.4, -0.2) is 58.5 Å². The van der Waals surface area contributed by atoms with Crippen molar-refractivity contribution < 1.29 is 29.4 Å². The summed E-state index contributed by atoms with van der Waals surface area (Å²) in [6, 6.07) is -1.01. The van der Waals surface area contributed by atoms with Crippen molar-refractivity contribution in [2.24, 2.45) is 39.7 Å². The summed E-state index contributed by atoms with van der Waals surface area (Å²) in [7, 11) is 0. The maximum Gasteiger partial charge on any atom is 0.326 e. The lowest BCUT2D eigenvalue weighted by atomic mass is 9.46. The number of oxime groups is 1.